The normalized spacial score (nSPS) is 30.0. The highest BCUT2D eigenvalue weighted by molar-refractivity contribution is 7.87. The van der Waals surface area contributed by atoms with Gasteiger partial charge in [0.1, 0.15) is 0 Å². The summed E-state index contributed by atoms with van der Waals surface area (Å²) in [5.41, 5.74) is 3.64. The second-order valence-corrected chi connectivity index (χ2v) is 13.5. The minimum Gasteiger partial charge on any atom is -0.305 e. The summed E-state index contributed by atoms with van der Waals surface area (Å²) in [5, 5.41) is 0. The zero-order chi connectivity index (χ0) is 22.2. The van der Waals surface area contributed by atoms with Gasteiger partial charge in [-0.2, -0.15) is 8.42 Å². The third-order valence-electron chi connectivity index (χ3n) is 8.20. The molecule has 2 fully saturated rings. The van der Waals surface area contributed by atoms with Crippen LogP contribution in [0.15, 0.2) is 18.2 Å². The molecule has 0 saturated heterocycles. The molecule has 4 atom stereocenters. The highest BCUT2D eigenvalue weighted by Gasteiger charge is 2.52. The summed E-state index contributed by atoms with van der Waals surface area (Å²) in [5.74, 6) is 2.22. The molecule has 3 aliphatic carbocycles. The summed E-state index contributed by atoms with van der Waals surface area (Å²) in [6.45, 7) is 5.99. The van der Waals surface area contributed by atoms with Gasteiger partial charge in [0.05, 0.1) is 5.69 Å². The average molecular weight is 465 g/mol. The molecule has 4 rings (SSSR count). The van der Waals surface area contributed by atoms with E-state index >= 15 is 0 Å². The summed E-state index contributed by atoms with van der Waals surface area (Å²) in [4.78, 5) is 0. The van der Waals surface area contributed by atoms with Crippen LogP contribution in [0, 0.1) is 17.3 Å². The minimum atomic E-state index is -4.46. The first-order chi connectivity index (χ1) is 14.7. The highest BCUT2D eigenvalue weighted by atomic mass is 32.2. The van der Waals surface area contributed by atoms with Crippen molar-refractivity contribution in [1.82, 2.24) is 0 Å². The fraction of sp³-hybridized carbons (Fsp3) is 0.750. The molecule has 3 aliphatic rings. The molecule has 1 aromatic carbocycles. The van der Waals surface area contributed by atoms with E-state index in [2.05, 4.69) is 13.0 Å². The van der Waals surface area contributed by atoms with Gasteiger partial charge in [0.2, 0.25) is 9.04 Å². The van der Waals surface area contributed by atoms with Crippen molar-refractivity contribution in [3.63, 3.8) is 0 Å². The summed E-state index contributed by atoms with van der Waals surface area (Å²) >= 11 is 0. The Labute approximate surface area is 190 Å². The van der Waals surface area contributed by atoms with Gasteiger partial charge in [0.25, 0.3) is 0 Å². The number of nitrogens with zero attached hydrogens (tertiary/aromatic N) is 1. The second-order valence-electron chi connectivity index (χ2n) is 10.3. The van der Waals surface area contributed by atoms with Crippen LogP contribution in [0.25, 0.3) is 0 Å². The Morgan fingerprint density at radius 3 is 2.71 bits per heavy atom. The van der Waals surface area contributed by atoms with E-state index in [0.717, 1.165) is 18.3 Å². The highest BCUT2D eigenvalue weighted by Crippen LogP contribution is 2.62. The molecular weight excluding hydrogens is 426 g/mol. The van der Waals surface area contributed by atoms with E-state index in [9.17, 15) is 13.0 Å². The molecule has 5 nitrogen and oxygen atoms in total. The number of benzene rings is 1. The van der Waals surface area contributed by atoms with E-state index in [1.54, 1.807) is 0 Å². The lowest BCUT2D eigenvalue weighted by Crippen LogP contribution is -2.41. The Morgan fingerprint density at radius 2 is 2.00 bits per heavy atom. The average Bonchev–Trinajstić information content (AvgIpc) is 3.15. The lowest BCUT2D eigenvalue weighted by molar-refractivity contribution is 0.0347. The van der Waals surface area contributed by atoms with Gasteiger partial charge in [-0.05, 0) is 104 Å². The topological polar surface area (TPSA) is 66.8 Å². The molecular formula is C24H38NO4SSi. The lowest BCUT2D eigenvalue weighted by atomic mass is 9.54. The van der Waals surface area contributed by atoms with Crippen molar-refractivity contribution in [2.24, 2.45) is 17.3 Å². The number of hydrogen-bond acceptors (Lipinski definition) is 3. The van der Waals surface area contributed by atoms with Crippen LogP contribution in [0.1, 0.15) is 88.2 Å². The maximum Gasteiger partial charge on any atom is 0.381 e. The fourth-order valence-corrected chi connectivity index (χ4v) is 8.68. The maximum absolute atomic E-state index is 11.9. The van der Waals surface area contributed by atoms with Crippen LogP contribution >= 0.6 is 0 Å². The van der Waals surface area contributed by atoms with Crippen LogP contribution in [0.3, 0.4) is 0 Å². The molecule has 0 amide bonds. The molecule has 0 bridgehead atoms. The smallest absolute Gasteiger partial charge is 0.305 e. The van der Waals surface area contributed by atoms with Gasteiger partial charge in [0, 0.05) is 0 Å². The number of fused-ring (bicyclic) bond motifs is 5. The molecule has 1 N–H and O–H groups in total. The zero-order valence-electron chi connectivity index (χ0n) is 19.3. The van der Waals surface area contributed by atoms with Crippen LogP contribution in [0.5, 0.6) is 0 Å². The lowest BCUT2D eigenvalue weighted by Gasteiger charge is -2.51. The summed E-state index contributed by atoms with van der Waals surface area (Å²) < 4.78 is 39.7. The number of rotatable bonds is 8. The van der Waals surface area contributed by atoms with E-state index in [0.29, 0.717) is 21.5 Å². The Balaban J connectivity index is 1.58. The summed E-state index contributed by atoms with van der Waals surface area (Å²) in [7, 11) is -5.80. The van der Waals surface area contributed by atoms with Gasteiger partial charge in [-0.15, -0.1) is 4.47 Å². The van der Waals surface area contributed by atoms with Crippen molar-refractivity contribution in [3.8, 4) is 0 Å². The van der Waals surface area contributed by atoms with Gasteiger partial charge in [-0.1, -0.05) is 38.7 Å². The third-order valence-corrected chi connectivity index (χ3v) is 9.58. The summed E-state index contributed by atoms with van der Waals surface area (Å²) in [6.07, 6.45) is 14.5. The quantitative estimate of drug-likeness (QED) is 0.213. The van der Waals surface area contributed by atoms with Crippen LogP contribution in [0.4, 0.5) is 5.69 Å². The molecule has 1 aromatic rings. The van der Waals surface area contributed by atoms with Gasteiger partial charge in [-0.3, -0.25) is 4.55 Å². The molecule has 0 aromatic heterocycles. The van der Waals surface area contributed by atoms with Gasteiger partial charge < -0.3 is 4.53 Å². The summed E-state index contributed by atoms with van der Waals surface area (Å²) in [6, 6.07) is 5.86. The van der Waals surface area contributed by atoms with Crippen molar-refractivity contribution in [2.75, 3.05) is 4.47 Å². The Hall–Kier alpha value is -0.893. The van der Waals surface area contributed by atoms with E-state index in [-0.39, 0.29) is 0 Å². The number of anilines is 1. The minimum absolute atomic E-state index is 0.413. The first kappa shape index (κ1) is 23.3. The van der Waals surface area contributed by atoms with Gasteiger partial charge >= 0.3 is 10.3 Å². The molecule has 173 valence electrons. The SMILES string of the molecule is CCCCC[C@@]12CCC[C@H]1[C@@H]1CCc3cc(N(O[Si](C)C)S(=O)(=O)O)ccc3[C@H]1CC2. The zero-order valence-corrected chi connectivity index (χ0v) is 21.1. The predicted octanol–water partition coefficient (Wildman–Crippen LogP) is 6.29. The number of aryl methyl sites for hydroxylation is 1. The standard InChI is InChI=1S/C24H38NO4SSi/c1-4-5-6-14-24-15-7-8-23(24)22-11-9-18-17-19(10-12-20(18)21(22)13-16-24)25(29-31(2)3)30(26,27)28/h10,12,17,21-23H,4-9,11,13-16H2,1-3H3,(H,26,27,28)/t21-,22-,23+,24+/m1/s1. The molecule has 0 unspecified atom stereocenters. The van der Waals surface area contributed by atoms with Crippen LogP contribution in [-0.2, 0) is 21.3 Å². The van der Waals surface area contributed by atoms with E-state index in [4.69, 9.17) is 4.53 Å². The molecule has 0 aliphatic heterocycles. The van der Waals surface area contributed by atoms with Crippen molar-refractivity contribution in [2.45, 2.75) is 96.6 Å². The first-order valence-electron chi connectivity index (χ1n) is 12.1. The monoisotopic (exact) mass is 464 g/mol. The second kappa shape index (κ2) is 9.16. The van der Waals surface area contributed by atoms with Crippen LogP contribution in [0.2, 0.25) is 13.1 Å². The Bertz CT molecular complexity index is 890. The molecule has 7 heteroatoms. The van der Waals surface area contributed by atoms with Crippen LogP contribution in [-0.4, -0.2) is 22.0 Å². The number of hydrogen-bond donors (Lipinski definition) is 1. The Kier molecular flexibility index (Phi) is 6.88. The van der Waals surface area contributed by atoms with Gasteiger partial charge in [-0.25, -0.2) is 0 Å². The van der Waals surface area contributed by atoms with Crippen molar-refractivity contribution < 1.29 is 17.5 Å². The molecule has 2 saturated carbocycles. The molecule has 31 heavy (non-hydrogen) atoms. The van der Waals surface area contributed by atoms with E-state index < -0.39 is 19.3 Å². The van der Waals surface area contributed by atoms with E-state index in [1.165, 1.54) is 75.3 Å². The predicted molar refractivity (Wildman–Crippen MR) is 127 cm³/mol. The Morgan fingerprint density at radius 1 is 1.19 bits per heavy atom. The van der Waals surface area contributed by atoms with Crippen molar-refractivity contribution in [1.29, 1.82) is 0 Å². The maximum atomic E-state index is 11.9. The molecule has 0 heterocycles. The molecule has 0 spiro atoms. The van der Waals surface area contributed by atoms with Crippen LogP contribution < -0.4 is 4.47 Å². The third kappa shape index (κ3) is 4.61. The molecule has 1 radical (unpaired) electrons. The fourth-order valence-electron chi connectivity index (χ4n) is 7.04. The number of unbranched alkanes of at least 4 members (excludes halogenated alkanes) is 2. The van der Waals surface area contributed by atoms with Crippen molar-refractivity contribution in [3.05, 3.63) is 29.3 Å². The first-order valence-corrected chi connectivity index (χ1v) is 15.9. The van der Waals surface area contributed by atoms with E-state index in [1.807, 2.05) is 25.2 Å². The van der Waals surface area contributed by atoms with Crippen molar-refractivity contribution >= 4 is 25.0 Å². The van der Waals surface area contributed by atoms with Gasteiger partial charge in [0.15, 0.2) is 0 Å². The largest absolute Gasteiger partial charge is 0.381 e.